The number of nitriles is 2. The van der Waals surface area contributed by atoms with Crippen molar-refractivity contribution in [2.45, 2.75) is 0 Å². The monoisotopic (exact) mass is 610 g/mol. The summed E-state index contributed by atoms with van der Waals surface area (Å²) in [7, 11) is 0. The van der Waals surface area contributed by atoms with E-state index in [2.05, 4.69) is 130 Å². The summed E-state index contributed by atoms with van der Waals surface area (Å²) in [6.45, 7) is 0. The number of fused-ring (bicyclic) bond motifs is 6. The summed E-state index contributed by atoms with van der Waals surface area (Å²) in [5, 5.41) is 24.2. The van der Waals surface area contributed by atoms with Gasteiger partial charge in [-0.25, -0.2) is 0 Å². The van der Waals surface area contributed by atoms with Crippen molar-refractivity contribution < 1.29 is 0 Å². The molecule has 2 aromatic heterocycles. The molecule has 2 heterocycles. The first-order valence-corrected chi connectivity index (χ1v) is 15.9. The second kappa shape index (κ2) is 10.9. The van der Waals surface area contributed by atoms with E-state index in [4.69, 9.17) is 0 Å². The standard InChI is InChI=1S/C44H26N4/c45-27-29-17-23-43(48-42-16-8-5-13-37(42)39-26-30(28-46)18-24-44(39)48)38(25-29)34-10-2-1-9-33(34)31-19-21-32(22-20-31)47-40-14-6-3-11-35(40)36-12-4-7-15-41(36)47/h1-26H. The van der Waals surface area contributed by atoms with Crippen molar-refractivity contribution >= 4 is 43.6 Å². The highest BCUT2D eigenvalue weighted by Gasteiger charge is 2.19. The first-order chi connectivity index (χ1) is 23.7. The van der Waals surface area contributed by atoms with Crippen LogP contribution in [-0.2, 0) is 0 Å². The molecule has 0 unspecified atom stereocenters. The number of benzene rings is 7. The van der Waals surface area contributed by atoms with Gasteiger partial charge < -0.3 is 9.13 Å². The van der Waals surface area contributed by atoms with Crippen LogP contribution in [0.3, 0.4) is 0 Å². The van der Waals surface area contributed by atoms with E-state index < -0.39 is 0 Å². The molecule has 0 fully saturated rings. The Kier molecular flexibility index (Phi) is 6.22. The Labute approximate surface area is 277 Å². The molecule has 0 aliphatic carbocycles. The average Bonchev–Trinajstić information content (AvgIpc) is 3.67. The van der Waals surface area contributed by atoms with Gasteiger partial charge in [0.25, 0.3) is 0 Å². The van der Waals surface area contributed by atoms with E-state index in [0.29, 0.717) is 11.1 Å². The molecular weight excluding hydrogens is 585 g/mol. The van der Waals surface area contributed by atoms with Crippen molar-refractivity contribution in [3.05, 3.63) is 169 Å². The molecule has 222 valence electrons. The maximum absolute atomic E-state index is 10.00. The maximum Gasteiger partial charge on any atom is 0.0991 e. The summed E-state index contributed by atoms with van der Waals surface area (Å²) in [6, 6.07) is 59.0. The Bertz CT molecular complexity index is 2750. The highest BCUT2D eigenvalue weighted by atomic mass is 15.0. The highest BCUT2D eigenvalue weighted by molar-refractivity contribution is 6.11. The zero-order chi connectivity index (χ0) is 32.2. The third-order valence-corrected chi connectivity index (χ3v) is 9.40. The zero-order valence-corrected chi connectivity index (χ0v) is 25.8. The number of rotatable bonds is 4. The van der Waals surface area contributed by atoms with Gasteiger partial charge in [0.05, 0.1) is 51.0 Å². The van der Waals surface area contributed by atoms with Gasteiger partial charge in [-0.1, -0.05) is 91.0 Å². The molecular formula is C44H26N4. The molecule has 0 aliphatic heterocycles. The topological polar surface area (TPSA) is 57.4 Å². The van der Waals surface area contributed by atoms with Crippen molar-refractivity contribution in [2.75, 3.05) is 0 Å². The van der Waals surface area contributed by atoms with Crippen LogP contribution in [-0.4, -0.2) is 9.13 Å². The summed E-state index contributed by atoms with van der Waals surface area (Å²) in [5.74, 6) is 0. The molecule has 0 amide bonds. The van der Waals surface area contributed by atoms with Crippen LogP contribution in [0, 0.1) is 22.7 Å². The summed E-state index contributed by atoms with van der Waals surface area (Å²) in [6.07, 6.45) is 0. The lowest BCUT2D eigenvalue weighted by molar-refractivity contribution is 1.18. The van der Waals surface area contributed by atoms with Crippen LogP contribution in [0.1, 0.15) is 11.1 Å². The first kappa shape index (κ1) is 27.4. The van der Waals surface area contributed by atoms with Gasteiger partial charge in [-0.15, -0.1) is 0 Å². The molecule has 0 aliphatic rings. The molecule has 4 nitrogen and oxygen atoms in total. The second-order valence-corrected chi connectivity index (χ2v) is 12.0. The lowest BCUT2D eigenvalue weighted by atomic mass is 9.92. The fraction of sp³-hybridized carbons (Fsp3) is 0. The third-order valence-electron chi connectivity index (χ3n) is 9.40. The number of hydrogen-bond acceptors (Lipinski definition) is 2. The molecule has 0 spiro atoms. The molecule has 0 atom stereocenters. The fourth-order valence-electron chi connectivity index (χ4n) is 7.28. The number of para-hydroxylation sites is 3. The molecule has 9 aromatic rings. The molecule has 48 heavy (non-hydrogen) atoms. The Hall–Kier alpha value is -6.88. The van der Waals surface area contributed by atoms with Gasteiger partial charge in [-0.3, -0.25) is 0 Å². The largest absolute Gasteiger partial charge is 0.309 e. The maximum atomic E-state index is 10.00. The third kappa shape index (κ3) is 4.14. The van der Waals surface area contributed by atoms with E-state index in [1.807, 2.05) is 48.5 Å². The Morgan fingerprint density at radius 1 is 0.375 bits per heavy atom. The number of aromatic nitrogens is 2. The van der Waals surface area contributed by atoms with Gasteiger partial charge in [0, 0.05) is 32.8 Å². The first-order valence-electron chi connectivity index (χ1n) is 15.9. The minimum atomic E-state index is 0.595. The van der Waals surface area contributed by atoms with Crippen molar-refractivity contribution in [2.24, 2.45) is 0 Å². The normalized spacial score (nSPS) is 11.3. The average molecular weight is 611 g/mol. The van der Waals surface area contributed by atoms with Crippen LogP contribution in [0.2, 0.25) is 0 Å². The fourth-order valence-corrected chi connectivity index (χ4v) is 7.28. The van der Waals surface area contributed by atoms with E-state index in [1.54, 1.807) is 0 Å². The minimum Gasteiger partial charge on any atom is -0.309 e. The zero-order valence-electron chi connectivity index (χ0n) is 25.8. The van der Waals surface area contributed by atoms with Crippen LogP contribution in [0.4, 0.5) is 0 Å². The number of hydrogen-bond donors (Lipinski definition) is 0. The van der Waals surface area contributed by atoms with Crippen LogP contribution < -0.4 is 0 Å². The van der Waals surface area contributed by atoms with E-state index in [-0.39, 0.29) is 0 Å². The molecule has 0 bridgehead atoms. The summed E-state index contributed by atoms with van der Waals surface area (Å²) in [5.41, 5.74) is 11.9. The van der Waals surface area contributed by atoms with E-state index >= 15 is 0 Å². The van der Waals surface area contributed by atoms with Gasteiger partial charge in [-0.2, -0.15) is 10.5 Å². The second-order valence-electron chi connectivity index (χ2n) is 12.0. The van der Waals surface area contributed by atoms with E-state index in [0.717, 1.165) is 55.4 Å². The van der Waals surface area contributed by atoms with Gasteiger partial charge in [-0.05, 0) is 83.4 Å². The summed E-state index contributed by atoms with van der Waals surface area (Å²) >= 11 is 0. The minimum absolute atomic E-state index is 0.595. The van der Waals surface area contributed by atoms with Crippen LogP contribution in [0.5, 0.6) is 0 Å². The Morgan fingerprint density at radius 2 is 0.875 bits per heavy atom. The van der Waals surface area contributed by atoms with Crippen LogP contribution in [0.15, 0.2) is 158 Å². The van der Waals surface area contributed by atoms with Gasteiger partial charge >= 0.3 is 0 Å². The van der Waals surface area contributed by atoms with E-state index in [1.165, 1.54) is 21.8 Å². The molecule has 0 saturated carbocycles. The lowest BCUT2D eigenvalue weighted by Gasteiger charge is -2.18. The molecule has 9 rings (SSSR count). The Morgan fingerprint density at radius 3 is 1.52 bits per heavy atom. The van der Waals surface area contributed by atoms with Crippen LogP contribution in [0.25, 0.3) is 77.2 Å². The molecule has 7 aromatic carbocycles. The predicted molar refractivity (Wildman–Crippen MR) is 195 cm³/mol. The van der Waals surface area contributed by atoms with Crippen molar-refractivity contribution in [3.63, 3.8) is 0 Å². The number of nitrogens with zero attached hydrogens (tertiary/aromatic N) is 4. The summed E-state index contributed by atoms with van der Waals surface area (Å²) in [4.78, 5) is 0. The molecule has 0 saturated heterocycles. The lowest BCUT2D eigenvalue weighted by Crippen LogP contribution is -1.99. The van der Waals surface area contributed by atoms with Crippen molar-refractivity contribution in [3.8, 4) is 45.8 Å². The molecule has 0 N–H and O–H groups in total. The predicted octanol–water partition coefficient (Wildman–Crippen LogP) is 11.0. The van der Waals surface area contributed by atoms with Crippen LogP contribution >= 0.6 is 0 Å². The van der Waals surface area contributed by atoms with Gasteiger partial charge in [0.1, 0.15) is 0 Å². The van der Waals surface area contributed by atoms with E-state index in [9.17, 15) is 10.5 Å². The quantitative estimate of drug-likeness (QED) is 0.199. The molecule has 4 heteroatoms. The van der Waals surface area contributed by atoms with Crippen molar-refractivity contribution in [1.82, 2.24) is 9.13 Å². The van der Waals surface area contributed by atoms with Crippen molar-refractivity contribution in [1.29, 1.82) is 10.5 Å². The Balaban J connectivity index is 1.24. The van der Waals surface area contributed by atoms with Gasteiger partial charge in [0.15, 0.2) is 0 Å². The van der Waals surface area contributed by atoms with Gasteiger partial charge in [0.2, 0.25) is 0 Å². The SMILES string of the molecule is N#Cc1ccc(-n2c3ccccc3c3cc(C#N)ccc32)c(-c2ccccc2-c2ccc(-n3c4ccccc4c4ccccc43)cc2)c1. The molecule has 0 radical (unpaired) electrons. The highest BCUT2D eigenvalue weighted by Crippen LogP contribution is 2.41. The summed E-state index contributed by atoms with van der Waals surface area (Å²) < 4.78 is 4.58. The smallest absolute Gasteiger partial charge is 0.0991 e.